The fourth-order valence-electron chi connectivity index (χ4n) is 1.70. The fraction of sp³-hybridized carbons (Fsp3) is 0. The van der Waals surface area contributed by atoms with Crippen LogP contribution in [0, 0.1) is 0 Å². The van der Waals surface area contributed by atoms with Gasteiger partial charge >= 0.3 is 0 Å². The number of nitrogens with zero attached hydrogens (tertiary/aromatic N) is 4. The lowest BCUT2D eigenvalue weighted by Gasteiger charge is -2.01. The number of imidazole rings is 1. The van der Waals surface area contributed by atoms with Crippen molar-refractivity contribution in [2.24, 2.45) is 0 Å². The summed E-state index contributed by atoms with van der Waals surface area (Å²) >= 11 is 0. The van der Waals surface area contributed by atoms with Crippen LogP contribution in [0.25, 0.3) is 16.8 Å². The van der Waals surface area contributed by atoms with Gasteiger partial charge in [-0.1, -0.05) is 0 Å². The molecular formula is C11H9N5. The summed E-state index contributed by atoms with van der Waals surface area (Å²) in [5.41, 5.74) is 8.39. The minimum absolute atomic E-state index is 0.504. The third kappa shape index (κ3) is 1.30. The van der Waals surface area contributed by atoms with E-state index in [2.05, 4.69) is 15.0 Å². The van der Waals surface area contributed by atoms with E-state index in [1.54, 1.807) is 18.6 Å². The average Bonchev–Trinajstić information content (AvgIpc) is 2.70. The highest BCUT2D eigenvalue weighted by Gasteiger charge is 2.06. The van der Waals surface area contributed by atoms with Gasteiger partial charge in [-0.2, -0.15) is 0 Å². The largest absolute Gasteiger partial charge is 0.382 e. The molecule has 0 saturated heterocycles. The van der Waals surface area contributed by atoms with Crippen molar-refractivity contribution >= 4 is 11.5 Å². The van der Waals surface area contributed by atoms with E-state index in [9.17, 15) is 0 Å². The van der Waals surface area contributed by atoms with Crippen molar-refractivity contribution in [1.29, 1.82) is 0 Å². The Balaban J connectivity index is 2.31. The summed E-state index contributed by atoms with van der Waals surface area (Å²) in [6, 6.07) is 3.91. The zero-order valence-corrected chi connectivity index (χ0v) is 8.41. The van der Waals surface area contributed by atoms with Gasteiger partial charge in [0.25, 0.3) is 0 Å². The monoisotopic (exact) mass is 211 g/mol. The lowest BCUT2D eigenvalue weighted by molar-refractivity contribution is 1.16. The zero-order chi connectivity index (χ0) is 11.0. The van der Waals surface area contributed by atoms with E-state index in [1.807, 2.05) is 22.7 Å². The molecule has 0 aromatic carbocycles. The number of anilines is 1. The smallest absolute Gasteiger partial charge is 0.147 e. The molecule has 3 aromatic heterocycles. The van der Waals surface area contributed by atoms with Gasteiger partial charge in [0.05, 0.1) is 6.20 Å². The molecule has 0 amide bonds. The van der Waals surface area contributed by atoms with Gasteiger partial charge in [0, 0.05) is 29.7 Å². The first-order chi connectivity index (χ1) is 7.84. The Kier molecular flexibility index (Phi) is 1.83. The Hall–Kier alpha value is -2.43. The molecule has 0 atom stereocenters. The number of nitrogens with two attached hydrogens (primary N) is 1. The molecule has 78 valence electrons. The lowest BCUT2D eigenvalue weighted by atomic mass is 10.1. The van der Waals surface area contributed by atoms with Gasteiger partial charge in [-0.15, -0.1) is 0 Å². The minimum Gasteiger partial charge on any atom is -0.382 e. The molecule has 0 spiro atoms. The van der Waals surface area contributed by atoms with E-state index in [0.29, 0.717) is 5.82 Å². The van der Waals surface area contributed by atoms with Gasteiger partial charge in [-0.3, -0.25) is 0 Å². The van der Waals surface area contributed by atoms with E-state index in [0.717, 1.165) is 16.8 Å². The summed E-state index contributed by atoms with van der Waals surface area (Å²) in [5, 5.41) is 0. The number of fused-ring (bicyclic) bond motifs is 1. The van der Waals surface area contributed by atoms with Gasteiger partial charge in [-0.25, -0.2) is 15.0 Å². The zero-order valence-electron chi connectivity index (χ0n) is 8.41. The highest BCUT2D eigenvalue weighted by atomic mass is 15.0. The van der Waals surface area contributed by atoms with Crippen LogP contribution >= 0.6 is 0 Å². The van der Waals surface area contributed by atoms with E-state index in [1.165, 1.54) is 6.33 Å². The molecule has 2 N–H and O–H groups in total. The number of nitrogen functional groups attached to an aromatic ring is 1. The summed E-state index contributed by atoms with van der Waals surface area (Å²) in [6.07, 6.45) is 8.71. The number of hydrogen-bond donors (Lipinski definition) is 1. The first kappa shape index (κ1) is 8.84. The molecule has 0 fully saturated rings. The van der Waals surface area contributed by atoms with Crippen LogP contribution < -0.4 is 5.73 Å². The molecule has 3 rings (SSSR count). The molecule has 5 heteroatoms. The second kappa shape index (κ2) is 3.30. The second-order valence-corrected chi connectivity index (χ2v) is 3.45. The van der Waals surface area contributed by atoms with Crippen LogP contribution in [0.3, 0.4) is 0 Å². The van der Waals surface area contributed by atoms with Crippen LogP contribution in [0.1, 0.15) is 0 Å². The third-order valence-corrected chi connectivity index (χ3v) is 2.37. The lowest BCUT2D eigenvalue weighted by Crippen LogP contribution is -1.88. The van der Waals surface area contributed by atoms with Crippen molar-refractivity contribution in [3.05, 3.63) is 43.2 Å². The SMILES string of the molecule is Nc1cn2cccc(-c3cncnc3)c2n1. The molecule has 0 bridgehead atoms. The molecule has 0 unspecified atom stereocenters. The van der Waals surface area contributed by atoms with Gasteiger partial charge < -0.3 is 10.1 Å². The highest BCUT2D eigenvalue weighted by molar-refractivity contribution is 5.77. The predicted octanol–water partition coefficient (Wildman–Crippen LogP) is 1.37. The minimum atomic E-state index is 0.504. The van der Waals surface area contributed by atoms with E-state index < -0.39 is 0 Å². The molecule has 3 heterocycles. The molecule has 0 aliphatic carbocycles. The summed E-state index contributed by atoms with van der Waals surface area (Å²) in [4.78, 5) is 12.3. The molecule has 16 heavy (non-hydrogen) atoms. The Morgan fingerprint density at radius 1 is 1.19 bits per heavy atom. The number of hydrogen-bond acceptors (Lipinski definition) is 4. The highest BCUT2D eigenvalue weighted by Crippen LogP contribution is 2.22. The van der Waals surface area contributed by atoms with Crippen molar-refractivity contribution in [2.75, 3.05) is 5.73 Å². The van der Waals surface area contributed by atoms with Gasteiger partial charge in [0.2, 0.25) is 0 Å². The summed E-state index contributed by atoms with van der Waals surface area (Å²) in [5.74, 6) is 0.504. The van der Waals surface area contributed by atoms with Crippen molar-refractivity contribution in [3.8, 4) is 11.1 Å². The van der Waals surface area contributed by atoms with Crippen LogP contribution in [-0.4, -0.2) is 19.4 Å². The van der Waals surface area contributed by atoms with Gasteiger partial charge in [0.15, 0.2) is 0 Å². The van der Waals surface area contributed by atoms with Crippen LogP contribution in [0.15, 0.2) is 43.2 Å². The molecule has 0 radical (unpaired) electrons. The molecule has 5 nitrogen and oxygen atoms in total. The summed E-state index contributed by atoms with van der Waals surface area (Å²) in [6.45, 7) is 0. The van der Waals surface area contributed by atoms with E-state index in [4.69, 9.17) is 5.73 Å². The summed E-state index contributed by atoms with van der Waals surface area (Å²) in [7, 11) is 0. The quantitative estimate of drug-likeness (QED) is 0.660. The van der Waals surface area contributed by atoms with Crippen molar-refractivity contribution in [2.45, 2.75) is 0 Å². The fourth-order valence-corrected chi connectivity index (χ4v) is 1.70. The summed E-state index contributed by atoms with van der Waals surface area (Å²) < 4.78 is 1.89. The standard InChI is InChI=1S/C11H9N5/c12-10-6-16-3-1-2-9(11(16)15-10)8-4-13-7-14-5-8/h1-7H,12H2. The number of pyridine rings is 1. The van der Waals surface area contributed by atoms with E-state index >= 15 is 0 Å². The van der Waals surface area contributed by atoms with Crippen LogP contribution in [0.5, 0.6) is 0 Å². The van der Waals surface area contributed by atoms with E-state index in [-0.39, 0.29) is 0 Å². The van der Waals surface area contributed by atoms with Crippen LogP contribution in [0.2, 0.25) is 0 Å². The Morgan fingerprint density at radius 3 is 2.81 bits per heavy atom. The van der Waals surface area contributed by atoms with Crippen molar-refractivity contribution in [1.82, 2.24) is 19.4 Å². The van der Waals surface area contributed by atoms with Gasteiger partial charge in [0.1, 0.15) is 17.8 Å². The molecule has 3 aromatic rings. The average molecular weight is 211 g/mol. The van der Waals surface area contributed by atoms with Gasteiger partial charge in [-0.05, 0) is 12.1 Å². The van der Waals surface area contributed by atoms with Crippen molar-refractivity contribution < 1.29 is 0 Å². The maximum atomic E-state index is 5.67. The first-order valence-electron chi connectivity index (χ1n) is 4.83. The Morgan fingerprint density at radius 2 is 2.00 bits per heavy atom. The third-order valence-electron chi connectivity index (χ3n) is 2.37. The maximum Gasteiger partial charge on any atom is 0.147 e. The molecular weight excluding hydrogens is 202 g/mol. The normalized spacial score (nSPS) is 10.8. The number of rotatable bonds is 1. The first-order valence-corrected chi connectivity index (χ1v) is 4.83. The Labute approximate surface area is 91.6 Å². The molecule has 0 saturated carbocycles. The van der Waals surface area contributed by atoms with Crippen LogP contribution in [-0.2, 0) is 0 Å². The second-order valence-electron chi connectivity index (χ2n) is 3.45. The molecule has 0 aliphatic rings. The molecule has 0 aliphatic heterocycles. The number of aromatic nitrogens is 4. The van der Waals surface area contributed by atoms with Crippen LogP contribution in [0.4, 0.5) is 5.82 Å². The topological polar surface area (TPSA) is 69.1 Å². The Bertz CT molecular complexity index is 629. The van der Waals surface area contributed by atoms with Crippen molar-refractivity contribution in [3.63, 3.8) is 0 Å². The predicted molar refractivity (Wildman–Crippen MR) is 60.6 cm³/mol. The maximum absolute atomic E-state index is 5.67.